The van der Waals surface area contributed by atoms with Crippen LogP contribution >= 0.6 is 0 Å². The molecular weight excluding hydrogens is 348 g/mol. The number of allylic oxidation sites excluding steroid dienone is 1. The molecule has 1 heterocycles. The summed E-state index contributed by atoms with van der Waals surface area (Å²) < 4.78 is 12.0. The Morgan fingerprint density at radius 3 is 2.57 bits per heavy atom. The maximum absolute atomic E-state index is 12.0. The molecule has 28 heavy (non-hydrogen) atoms. The Balaban J connectivity index is 1.38. The molecule has 5 rings (SSSR count). The van der Waals surface area contributed by atoms with Gasteiger partial charge in [0.25, 0.3) is 0 Å². The first-order valence-electron chi connectivity index (χ1n) is 11.9. The molecule has 0 aromatic rings. The van der Waals surface area contributed by atoms with E-state index in [1.54, 1.807) is 0 Å². The van der Waals surface area contributed by atoms with E-state index < -0.39 is 0 Å². The summed E-state index contributed by atoms with van der Waals surface area (Å²) in [6.07, 6.45) is 12.8. The fourth-order valence-electron chi connectivity index (χ4n) is 8.46. The third-order valence-electron chi connectivity index (χ3n) is 9.95. The minimum absolute atomic E-state index is 0.00909. The molecule has 4 fully saturated rings. The van der Waals surface area contributed by atoms with Crippen molar-refractivity contribution in [2.45, 2.75) is 84.8 Å². The normalized spacial score (nSPS) is 47.7. The topological polar surface area (TPSA) is 35.5 Å². The lowest BCUT2D eigenvalue weighted by atomic mass is 9.46. The van der Waals surface area contributed by atoms with Gasteiger partial charge in [0.05, 0.1) is 13.2 Å². The summed E-state index contributed by atoms with van der Waals surface area (Å²) in [5.41, 5.74) is 2.21. The van der Waals surface area contributed by atoms with E-state index in [0.29, 0.717) is 17.1 Å². The third kappa shape index (κ3) is 2.79. The van der Waals surface area contributed by atoms with Crippen molar-refractivity contribution in [2.24, 2.45) is 40.4 Å². The summed E-state index contributed by atoms with van der Waals surface area (Å²) in [5, 5.41) is 0. The maximum Gasteiger partial charge on any atom is 0.160 e. The molecule has 0 bridgehead atoms. The molecule has 0 spiro atoms. The average Bonchev–Trinajstić information content (AvgIpc) is 3.06. The highest BCUT2D eigenvalue weighted by Crippen LogP contribution is 2.67. The highest BCUT2D eigenvalue weighted by Gasteiger charge is 2.60. The molecule has 3 saturated carbocycles. The van der Waals surface area contributed by atoms with Crippen molar-refractivity contribution in [3.05, 3.63) is 11.6 Å². The van der Waals surface area contributed by atoms with Crippen LogP contribution < -0.4 is 0 Å². The third-order valence-corrected chi connectivity index (χ3v) is 9.95. The molecule has 0 radical (unpaired) electrons. The molecule has 1 saturated heterocycles. The van der Waals surface area contributed by atoms with Crippen molar-refractivity contribution in [3.63, 3.8) is 0 Å². The molecule has 4 aliphatic carbocycles. The lowest BCUT2D eigenvalue weighted by Gasteiger charge is -2.58. The smallest absolute Gasteiger partial charge is 0.160 e. The first-order chi connectivity index (χ1) is 13.4. The SMILES string of the molecule is C[C@H](C1OCCCO1)[C@H]1CCC2C3CCC4=CC(=O)CC[C@]4(C)[C@H]3CC[C@@]21C. The van der Waals surface area contributed by atoms with Gasteiger partial charge in [-0.2, -0.15) is 0 Å². The van der Waals surface area contributed by atoms with E-state index >= 15 is 0 Å². The predicted molar refractivity (Wildman–Crippen MR) is 110 cm³/mol. The summed E-state index contributed by atoms with van der Waals surface area (Å²) >= 11 is 0. The van der Waals surface area contributed by atoms with Gasteiger partial charge in [0.15, 0.2) is 12.1 Å². The number of carbonyl (C=O) groups is 1. The lowest BCUT2D eigenvalue weighted by molar-refractivity contribution is -0.218. The first kappa shape index (κ1) is 19.3. The molecule has 3 heteroatoms. The number of ether oxygens (including phenoxy) is 2. The maximum atomic E-state index is 12.0. The van der Waals surface area contributed by atoms with E-state index in [1.807, 2.05) is 6.08 Å². The molecule has 0 N–H and O–H groups in total. The van der Waals surface area contributed by atoms with Crippen molar-refractivity contribution in [3.8, 4) is 0 Å². The number of hydrogen-bond acceptors (Lipinski definition) is 3. The van der Waals surface area contributed by atoms with Gasteiger partial charge in [0, 0.05) is 12.3 Å². The van der Waals surface area contributed by atoms with Crippen molar-refractivity contribution in [1.29, 1.82) is 0 Å². The fraction of sp³-hybridized carbons (Fsp3) is 0.880. The minimum Gasteiger partial charge on any atom is -0.352 e. The second kappa shape index (κ2) is 6.94. The van der Waals surface area contributed by atoms with E-state index in [1.165, 1.54) is 37.7 Å². The zero-order valence-corrected chi connectivity index (χ0v) is 18.0. The van der Waals surface area contributed by atoms with Crippen LogP contribution in [0.3, 0.4) is 0 Å². The Morgan fingerprint density at radius 2 is 1.79 bits per heavy atom. The standard InChI is InChI=1S/C25H38O3/c1-16(23-27-13-4-14-28-23)20-7-8-21-19-6-5-17-15-18(26)9-11-24(17,2)22(19)10-12-25(20,21)3/h15-16,19-23H,4-14H2,1-3H3/t16-,19?,20+,21?,22-,24-,25+/m0/s1. The Labute approximate surface area is 170 Å². The zero-order valence-electron chi connectivity index (χ0n) is 18.0. The summed E-state index contributed by atoms with van der Waals surface area (Å²) in [4.78, 5) is 12.0. The molecule has 3 nitrogen and oxygen atoms in total. The summed E-state index contributed by atoms with van der Waals surface area (Å²) in [6, 6.07) is 0. The van der Waals surface area contributed by atoms with Gasteiger partial charge < -0.3 is 9.47 Å². The minimum atomic E-state index is 0.00909. The van der Waals surface area contributed by atoms with E-state index in [4.69, 9.17) is 9.47 Å². The molecular formula is C25H38O3. The van der Waals surface area contributed by atoms with Crippen LogP contribution in [0.5, 0.6) is 0 Å². The van der Waals surface area contributed by atoms with Gasteiger partial charge in [0.2, 0.25) is 0 Å². The van der Waals surface area contributed by atoms with Crippen molar-refractivity contribution in [1.82, 2.24) is 0 Å². The Bertz CT molecular complexity index is 663. The van der Waals surface area contributed by atoms with Crippen LogP contribution in [0.15, 0.2) is 11.6 Å². The highest BCUT2D eigenvalue weighted by molar-refractivity contribution is 5.91. The van der Waals surface area contributed by atoms with E-state index in [2.05, 4.69) is 20.8 Å². The predicted octanol–water partition coefficient (Wildman–Crippen LogP) is 5.53. The van der Waals surface area contributed by atoms with Crippen LogP contribution in [0.25, 0.3) is 0 Å². The first-order valence-corrected chi connectivity index (χ1v) is 11.9. The van der Waals surface area contributed by atoms with Crippen LogP contribution in [0.1, 0.15) is 78.6 Å². The van der Waals surface area contributed by atoms with E-state index in [9.17, 15) is 4.79 Å². The van der Waals surface area contributed by atoms with E-state index in [0.717, 1.165) is 62.6 Å². The van der Waals surface area contributed by atoms with Crippen LogP contribution in [0, 0.1) is 40.4 Å². The second-order valence-electron chi connectivity index (χ2n) is 11.0. The van der Waals surface area contributed by atoms with Crippen molar-refractivity contribution >= 4 is 5.78 Å². The summed E-state index contributed by atoms with van der Waals surface area (Å²) in [6.45, 7) is 9.19. The molecule has 1 aliphatic heterocycles. The largest absolute Gasteiger partial charge is 0.352 e. The molecule has 156 valence electrons. The molecule has 2 unspecified atom stereocenters. The van der Waals surface area contributed by atoms with Crippen LogP contribution in [-0.4, -0.2) is 25.3 Å². The van der Waals surface area contributed by atoms with Crippen LogP contribution in [0.4, 0.5) is 0 Å². The molecule has 0 amide bonds. The number of rotatable bonds is 2. The van der Waals surface area contributed by atoms with Crippen LogP contribution in [-0.2, 0) is 14.3 Å². The van der Waals surface area contributed by atoms with Crippen LogP contribution in [0.2, 0.25) is 0 Å². The second-order valence-corrected chi connectivity index (χ2v) is 11.0. The van der Waals surface area contributed by atoms with Gasteiger partial charge in [-0.05, 0) is 91.9 Å². The number of ketones is 1. The van der Waals surface area contributed by atoms with Crippen molar-refractivity contribution in [2.75, 3.05) is 13.2 Å². The highest BCUT2D eigenvalue weighted by atomic mass is 16.7. The number of carbonyl (C=O) groups excluding carboxylic acids is 1. The Hall–Kier alpha value is -0.670. The average molecular weight is 387 g/mol. The molecule has 0 aromatic carbocycles. The van der Waals surface area contributed by atoms with Gasteiger partial charge in [-0.3, -0.25) is 4.79 Å². The Morgan fingerprint density at radius 1 is 1.00 bits per heavy atom. The number of hydrogen-bond donors (Lipinski definition) is 0. The van der Waals surface area contributed by atoms with Gasteiger partial charge >= 0.3 is 0 Å². The molecule has 5 aliphatic rings. The number of fused-ring (bicyclic) bond motifs is 5. The zero-order chi connectivity index (χ0) is 19.5. The molecule has 0 aromatic heterocycles. The summed E-state index contributed by atoms with van der Waals surface area (Å²) in [5.74, 6) is 4.06. The monoisotopic (exact) mass is 386 g/mol. The van der Waals surface area contributed by atoms with Gasteiger partial charge in [-0.15, -0.1) is 0 Å². The quantitative estimate of drug-likeness (QED) is 0.625. The summed E-state index contributed by atoms with van der Waals surface area (Å²) in [7, 11) is 0. The Kier molecular flexibility index (Phi) is 4.79. The van der Waals surface area contributed by atoms with Crippen molar-refractivity contribution < 1.29 is 14.3 Å². The fourth-order valence-corrected chi connectivity index (χ4v) is 8.46. The van der Waals surface area contributed by atoms with E-state index in [-0.39, 0.29) is 11.7 Å². The lowest BCUT2D eigenvalue weighted by Crippen LogP contribution is -2.51. The molecule has 7 atom stereocenters. The van der Waals surface area contributed by atoms with Gasteiger partial charge in [0.1, 0.15) is 0 Å². The van der Waals surface area contributed by atoms with Gasteiger partial charge in [-0.25, -0.2) is 0 Å². The van der Waals surface area contributed by atoms with Gasteiger partial charge in [-0.1, -0.05) is 26.3 Å².